The van der Waals surface area contributed by atoms with E-state index in [1.54, 1.807) is 4.90 Å². The molecule has 0 bridgehead atoms. The van der Waals surface area contributed by atoms with Crippen LogP contribution in [0.1, 0.15) is 32.6 Å². The van der Waals surface area contributed by atoms with E-state index >= 15 is 0 Å². The molecule has 0 radical (unpaired) electrons. The Morgan fingerprint density at radius 3 is 1.73 bits per heavy atom. The van der Waals surface area contributed by atoms with Gasteiger partial charge in [0.2, 0.25) is 5.91 Å². The second-order valence-electron chi connectivity index (χ2n) is 7.49. The van der Waals surface area contributed by atoms with Gasteiger partial charge in [-0.3, -0.25) is 4.79 Å². The average molecular weight is 495 g/mol. The van der Waals surface area contributed by atoms with Gasteiger partial charge in [0.05, 0.1) is 66.1 Å². The summed E-state index contributed by atoms with van der Waals surface area (Å²) in [6, 6.07) is 0. The van der Waals surface area contributed by atoms with Crippen molar-refractivity contribution in [3.63, 3.8) is 0 Å². The number of likely N-dealkylation sites (tertiary alicyclic amines) is 1. The normalized spacial score (nSPS) is 14.4. The Balaban J connectivity index is 1.71. The Bertz CT molecular complexity index is 493. The highest BCUT2D eigenvalue weighted by atomic mass is 32.1. The Morgan fingerprint density at radius 1 is 0.788 bits per heavy atom. The summed E-state index contributed by atoms with van der Waals surface area (Å²) in [4.78, 5) is 24.8. The summed E-state index contributed by atoms with van der Waals surface area (Å²) in [5.74, 6) is 0.0599. The third-order valence-corrected chi connectivity index (χ3v) is 5.23. The van der Waals surface area contributed by atoms with Crippen molar-refractivity contribution in [3.05, 3.63) is 0 Å². The van der Waals surface area contributed by atoms with E-state index in [0.29, 0.717) is 97.4 Å². The summed E-state index contributed by atoms with van der Waals surface area (Å²) in [6.45, 7) is 8.79. The first-order valence-electron chi connectivity index (χ1n) is 11.9. The number of carbonyl (C=O) groups is 2. The fourth-order valence-corrected chi connectivity index (χ4v) is 3.12. The van der Waals surface area contributed by atoms with Crippen LogP contribution < -0.4 is 5.32 Å². The highest BCUT2D eigenvalue weighted by molar-refractivity contribution is 7.80. The molecule has 2 amide bonds. The van der Waals surface area contributed by atoms with Gasteiger partial charge in [0.1, 0.15) is 6.61 Å². The predicted octanol–water partition coefficient (Wildman–Crippen LogP) is 1.52. The van der Waals surface area contributed by atoms with Crippen LogP contribution in [0.5, 0.6) is 0 Å². The first-order chi connectivity index (χ1) is 16.1. The Hall–Kier alpha value is -1.11. The summed E-state index contributed by atoms with van der Waals surface area (Å²) >= 11 is 4.42. The van der Waals surface area contributed by atoms with Crippen molar-refractivity contribution in [1.82, 2.24) is 10.2 Å². The molecule has 10 nitrogen and oxygen atoms in total. The molecule has 0 aromatic rings. The number of thiol groups is 1. The second kappa shape index (κ2) is 21.4. The van der Waals surface area contributed by atoms with Gasteiger partial charge in [-0.05, 0) is 19.3 Å². The van der Waals surface area contributed by atoms with E-state index in [9.17, 15) is 9.59 Å². The SMILES string of the molecule is CCCC(=O)NCCOCCOCCOCCOCCOCCOC(=O)N1CCC(S)CC1. The largest absolute Gasteiger partial charge is 0.447 e. The fraction of sp³-hybridized carbons (Fsp3) is 0.909. The molecule has 0 aromatic heterocycles. The van der Waals surface area contributed by atoms with Crippen LogP contribution in [-0.4, -0.2) is 114 Å². The van der Waals surface area contributed by atoms with E-state index in [1.165, 1.54) is 0 Å². The summed E-state index contributed by atoms with van der Waals surface area (Å²) in [6.07, 6.45) is 2.92. The molecule has 0 aromatic carbocycles. The smallest absolute Gasteiger partial charge is 0.409 e. The molecule has 0 spiro atoms. The van der Waals surface area contributed by atoms with E-state index in [-0.39, 0.29) is 18.6 Å². The maximum atomic E-state index is 11.9. The molecule has 0 atom stereocenters. The molecule has 1 N–H and O–H groups in total. The van der Waals surface area contributed by atoms with Gasteiger partial charge in [-0.25, -0.2) is 4.79 Å². The van der Waals surface area contributed by atoms with E-state index in [1.807, 2.05) is 6.92 Å². The zero-order valence-corrected chi connectivity index (χ0v) is 20.9. The molecule has 1 aliphatic rings. The van der Waals surface area contributed by atoms with Crippen LogP contribution in [0.15, 0.2) is 0 Å². The molecule has 1 rings (SSSR count). The van der Waals surface area contributed by atoms with Gasteiger partial charge in [0.15, 0.2) is 0 Å². The zero-order chi connectivity index (χ0) is 24.0. The van der Waals surface area contributed by atoms with Crippen molar-refractivity contribution in [2.45, 2.75) is 37.9 Å². The number of piperidine rings is 1. The number of amides is 2. The van der Waals surface area contributed by atoms with Gasteiger partial charge in [0, 0.05) is 31.3 Å². The third kappa shape index (κ3) is 18.0. The van der Waals surface area contributed by atoms with Gasteiger partial charge >= 0.3 is 6.09 Å². The van der Waals surface area contributed by atoms with Gasteiger partial charge in [-0.1, -0.05) is 6.92 Å². The quantitative estimate of drug-likeness (QED) is 0.194. The monoisotopic (exact) mass is 494 g/mol. The van der Waals surface area contributed by atoms with Crippen LogP contribution in [-0.2, 0) is 33.2 Å². The second-order valence-corrected chi connectivity index (χ2v) is 8.22. The van der Waals surface area contributed by atoms with Crippen molar-refractivity contribution in [2.24, 2.45) is 0 Å². The minimum Gasteiger partial charge on any atom is -0.447 e. The number of hydrogen-bond donors (Lipinski definition) is 2. The number of hydrogen-bond acceptors (Lipinski definition) is 9. The Labute approximate surface area is 203 Å². The van der Waals surface area contributed by atoms with Crippen LogP contribution in [0, 0.1) is 0 Å². The van der Waals surface area contributed by atoms with Crippen molar-refractivity contribution >= 4 is 24.6 Å². The lowest BCUT2D eigenvalue weighted by Gasteiger charge is -2.28. The summed E-state index contributed by atoms with van der Waals surface area (Å²) in [7, 11) is 0. The molecule has 1 fully saturated rings. The molecule has 33 heavy (non-hydrogen) atoms. The summed E-state index contributed by atoms with van der Waals surface area (Å²) < 4.78 is 32.2. The van der Waals surface area contributed by atoms with E-state index < -0.39 is 0 Å². The number of ether oxygens (including phenoxy) is 6. The fourth-order valence-electron chi connectivity index (χ4n) is 2.89. The van der Waals surface area contributed by atoms with Crippen LogP contribution in [0.25, 0.3) is 0 Å². The Kier molecular flexibility index (Phi) is 19.4. The predicted molar refractivity (Wildman–Crippen MR) is 127 cm³/mol. The molecule has 11 heteroatoms. The first-order valence-corrected chi connectivity index (χ1v) is 12.4. The van der Waals surface area contributed by atoms with Crippen LogP contribution in [0.4, 0.5) is 4.79 Å². The van der Waals surface area contributed by atoms with E-state index in [2.05, 4.69) is 17.9 Å². The summed E-state index contributed by atoms with van der Waals surface area (Å²) in [5, 5.41) is 3.17. The molecular formula is C22H42N2O8S. The summed E-state index contributed by atoms with van der Waals surface area (Å²) in [5.41, 5.74) is 0. The third-order valence-electron chi connectivity index (χ3n) is 4.71. The lowest BCUT2D eigenvalue weighted by atomic mass is 10.1. The number of rotatable bonds is 20. The minimum atomic E-state index is -0.281. The number of nitrogens with one attached hydrogen (secondary N) is 1. The molecule has 0 unspecified atom stereocenters. The van der Waals surface area contributed by atoms with E-state index in [0.717, 1.165) is 19.3 Å². The van der Waals surface area contributed by atoms with Crippen LogP contribution in [0.3, 0.4) is 0 Å². The molecule has 0 aliphatic carbocycles. The lowest BCUT2D eigenvalue weighted by molar-refractivity contribution is -0.121. The van der Waals surface area contributed by atoms with Crippen LogP contribution in [0.2, 0.25) is 0 Å². The van der Waals surface area contributed by atoms with Crippen LogP contribution >= 0.6 is 12.6 Å². The highest BCUT2D eigenvalue weighted by Crippen LogP contribution is 2.15. The van der Waals surface area contributed by atoms with Gasteiger partial charge in [-0.2, -0.15) is 12.6 Å². The first kappa shape index (κ1) is 29.9. The topological polar surface area (TPSA) is 105 Å². The number of carbonyl (C=O) groups excluding carboxylic acids is 2. The zero-order valence-electron chi connectivity index (χ0n) is 20.0. The average Bonchev–Trinajstić information content (AvgIpc) is 2.81. The van der Waals surface area contributed by atoms with Gasteiger partial charge < -0.3 is 38.6 Å². The van der Waals surface area contributed by atoms with Gasteiger partial charge in [-0.15, -0.1) is 0 Å². The Morgan fingerprint density at radius 2 is 1.24 bits per heavy atom. The lowest BCUT2D eigenvalue weighted by Crippen LogP contribution is -2.39. The van der Waals surface area contributed by atoms with Crippen molar-refractivity contribution in [1.29, 1.82) is 0 Å². The highest BCUT2D eigenvalue weighted by Gasteiger charge is 2.21. The van der Waals surface area contributed by atoms with Gasteiger partial charge in [0.25, 0.3) is 0 Å². The standard InChI is InChI=1S/C22H42N2O8S/c1-2-3-21(25)23-6-9-27-10-11-28-12-13-29-14-15-30-16-17-31-18-19-32-22(26)24-7-4-20(33)5-8-24/h20,33H,2-19H2,1H3,(H,23,25). The molecule has 1 heterocycles. The van der Waals surface area contributed by atoms with Crippen molar-refractivity contribution in [2.75, 3.05) is 92.3 Å². The molecule has 0 saturated carbocycles. The van der Waals surface area contributed by atoms with Crippen molar-refractivity contribution in [3.8, 4) is 0 Å². The maximum absolute atomic E-state index is 11.9. The molecule has 1 saturated heterocycles. The maximum Gasteiger partial charge on any atom is 0.409 e. The van der Waals surface area contributed by atoms with E-state index in [4.69, 9.17) is 28.4 Å². The molecular weight excluding hydrogens is 452 g/mol. The molecule has 194 valence electrons. The van der Waals surface area contributed by atoms with Crippen molar-refractivity contribution < 1.29 is 38.0 Å². The molecule has 1 aliphatic heterocycles. The number of nitrogens with zero attached hydrogens (tertiary/aromatic N) is 1. The minimum absolute atomic E-state index is 0.0599.